The molecule has 0 spiro atoms. The van der Waals surface area contributed by atoms with E-state index in [0.717, 1.165) is 12.8 Å². The zero-order valence-electron chi connectivity index (χ0n) is 14.5. The second-order valence-corrected chi connectivity index (χ2v) is 8.78. The van der Waals surface area contributed by atoms with Crippen molar-refractivity contribution in [2.75, 3.05) is 5.75 Å². The third kappa shape index (κ3) is 4.05. The van der Waals surface area contributed by atoms with Crippen LogP contribution < -0.4 is 10.9 Å². The average molecular weight is 420 g/mol. The van der Waals surface area contributed by atoms with Crippen molar-refractivity contribution < 1.29 is 4.79 Å². The van der Waals surface area contributed by atoms with Crippen molar-refractivity contribution in [3.63, 3.8) is 0 Å². The van der Waals surface area contributed by atoms with Crippen LogP contribution >= 0.6 is 34.7 Å². The minimum absolute atomic E-state index is 0.0192. The number of thioether (sulfide) groups is 1. The SMILES string of the molecule is O=C(CSc1nc2ccsc2c(=O)n1-c1ccc(Cl)cc1)NC1CCCC1. The first-order chi connectivity index (χ1) is 13.1. The number of thiophene rings is 1. The lowest BCUT2D eigenvalue weighted by molar-refractivity contribution is -0.119. The maximum Gasteiger partial charge on any atom is 0.276 e. The van der Waals surface area contributed by atoms with Crippen LogP contribution in [0.15, 0.2) is 45.7 Å². The predicted octanol–water partition coefficient (Wildman–Crippen LogP) is 4.25. The van der Waals surface area contributed by atoms with E-state index < -0.39 is 0 Å². The molecule has 3 aromatic rings. The van der Waals surface area contributed by atoms with Crippen LogP contribution in [0.2, 0.25) is 5.02 Å². The maximum absolute atomic E-state index is 13.0. The number of amides is 1. The zero-order chi connectivity index (χ0) is 18.8. The van der Waals surface area contributed by atoms with Gasteiger partial charge in [-0.05, 0) is 48.6 Å². The summed E-state index contributed by atoms with van der Waals surface area (Å²) in [4.78, 5) is 29.9. The molecule has 1 amide bonds. The topological polar surface area (TPSA) is 64.0 Å². The van der Waals surface area contributed by atoms with Crippen molar-refractivity contribution in [1.82, 2.24) is 14.9 Å². The largest absolute Gasteiger partial charge is 0.353 e. The van der Waals surface area contributed by atoms with Crippen LogP contribution in [0.1, 0.15) is 25.7 Å². The van der Waals surface area contributed by atoms with E-state index in [1.165, 1.54) is 35.9 Å². The van der Waals surface area contributed by atoms with Crippen molar-refractivity contribution in [3.8, 4) is 5.69 Å². The van der Waals surface area contributed by atoms with Crippen LogP contribution in [0.3, 0.4) is 0 Å². The maximum atomic E-state index is 13.0. The van der Waals surface area contributed by atoms with Gasteiger partial charge in [-0.15, -0.1) is 11.3 Å². The highest BCUT2D eigenvalue weighted by Gasteiger charge is 2.19. The third-order valence-corrected chi connectivity index (χ3v) is 6.67. The van der Waals surface area contributed by atoms with Crippen molar-refractivity contribution >= 4 is 50.8 Å². The minimum Gasteiger partial charge on any atom is -0.353 e. The second kappa shape index (κ2) is 8.04. The highest BCUT2D eigenvalue weighted by atomic mass is 35.5. The molecule has 2 aromatic heterocycles. The molecular weight excluding hydrogens is 402 g/mol. The molecule has 2 heterocycles. The van der Waals surface area contributed by atoms with E-state index in [-0.39, 0.29) is 23.3 Å². The number of nitrogens with zero attached hydrogens (tertiary/aromatic N) is 2. The first kappa shape index (κ1) is 18.5. The van der Waals surface area contributed by atoms with Gasteiger partial charge < -0.3 is 5.32 Å². The Balaban J connectivity index is 1.64. The number of hydrogen-bond donors (Lipinski definition) is 1. The number of nitrogens with one attached hydrogen (secondary N) is 1. The van der Waals surface area contributed by atoms with E-state index in [0.29, 0.717) is 26.1 Å². The molecule has 140 valence electrons. The smallest absolute Gasteiger partial charge is 0.276 e. The van der Waals surface area contributed by atoms with E-state index in [2.05, 4.69) is 10.3 Å². The van der Waals surface area contributed by atoms with Crippen LogP contribution in [0.25, 0.3) is 15.9 Å². The summed E-state index contributed by atoms with van der Waals surface area (Å²) in [5.74, 6) is 0.209. The molecule has 1 aliphatic rings. The molecule has 27 heavy (non-hydrogen) atoms. The lowest BCUT2D eigenvalue weighted by atomic mass is 10.2. The fourth-order valence-corrected chi connectivity index (χ4v) is 4.99. The van der Waals surface area contributed by atoms with Gasteiger partial charge in [0.15, 0.2) is 5.16 Å². The Morgan fingerprint density at radius 2 is 2.00 bits per heavy atom. The Kier molecular flexibility index (Phi) is 5.52. The van der Waals surface area contributed by atoms with E-state index in [1.54, 1.807) is 28.8 Å². The molecule has 8 heteroatoms. The Morgan fingerprint density at radius 3 is 2.74 bits per heavy atom. The van der Waals surface area contributed by atoms with E-state index in [1.807, 2.05) is 11.4 Å². The lowest BCUT2D eigenvalue weighted by Crippen LogP contribution is -2.34. The fraction of sp³-hybridized carbons (Fsp3) is 0.316. The molecule has 1 aliphatic carbocycles. The number of carbonyl (C=O) groups is 1. The van der Waals surface area contributed by atoms with Gasteiger partial charge in [0.05, 0.1) is 17.0 Å². The molecule has 0 aliphatic heterocycles. The highest BCUT2D eigenvalue weighted by Crippen LogP contribution is 2.24. The summed E-state index contributed by atoms with van der Waals surface area (Å²) in [5.41, 5.74) is 1.22. The van der Waals surface area contributed by atoms with Crippen molar-refractivity contribution in [3.05, 3.63) is 51.1 Å². The van der Waals surface area contributed by atoms with Crippen LogP contribution in [-0.2, 0) is 4.79 Å². The predicted molar refractivity (Wildman–Crippen MR) is 111 cm³/mol. The second-order valence-electron chi connectivity index (χ2n) is 6.48. The number of hydrogen-bond acceptors (Lipinski definition) is 5. The highest BCUT2D eigenvalue weighted by molar-refractivity contribution is 7.99. The molecule has 0 bridgehead atoms. The standard InChI is InChI=1S/C19H18ClN3O2S2/c20-12-5-7-14(8-6-12)23-18(25)17-15(9-10-26-17)22-19(23)27-11-16(24)21-13-3-1-2-4-13/h5-10,13H,1-4,11H2,(H,21,24). The summed E-state index contributed by atoms with van der Waals surface area (Å²) in [6.07, 6.45) is 4.44. The zero-order valence-corrected chi connectivity index (χ0v) is 16.9. The quantitative estimate of drug-likeness (QED) is 0.496. The minimum atomic E-state index is -0.129. The molecule has 0 radical (unpaired) electrons. The fourth-order valence-electron chi connectivity index (χ4n) is 3.28. The summed E-state index contributed by atoms with van der Waals surface area (Å²) in [6.45, 7) is 0. The molecule has 0 unspecified atom stereocenters. The molecule has 1 N–H and O–H groups in total. The first-order valence-corrected chi connectivity index (χ1v) is 11.0. The normalized spacial score (nSPS) is 14.7. The number of fused-ring (bicyclic) bond motifs is 1. The van der Waals surface area contributed by atoms with Gasteiger partial charge in [-0.25, -0.2) is 4.98 Å². The summed E-state index contributed by atoms with van der Waals surface area (Å²) in [6, 6.07) is 9.16. The van der Waals surface area contributed by atoms with Gasteiger partial charge >= 0.3 is 0 Å². The lowest BCUT2D eigenvalue weighted by Gasteiger charge is -2.14. The van der Waals surface area contributed by atoms with Gasteiger partial charge in [-0.3, -0.25) is 14.2 Å². The van der Waals surface area contributed by atoms with Crippen LogP contribution in [0.5, 0.6) is 0 Å². The van der Waals surface area contributed by atoms with Gasteiger partial charge in [0.25, 0.3) is 5.56 Å². The summed E-state index contributed by atoms with van der Waals surface area (Å²) < 4.78 is 2.16. The van der Waals surface area contributed by atoms with Crippen LogP contribution in [-0.4, -0.2) is 27.3 Å². The van der Waals surface area contributed by atoms with Gasteiger partial charge in [0.2, 0.25) is 5.91 Å². The number of halogens is 1. The summed E-state index contributed by atoms with van der Waals surface area (Å²) in [5, 5.41) is 6.03. The molecule has 1 aromatic carbocycles. The number of rotatable bonds is 5. The van der Waals surface area contributed by atoms with Crippen molar-refractivity contribution in [1.29, 1.82) is 0 Å². The van der Waals surface area contributed by atoms with Gasteiger partial charge in [-0.1, -0.05) is 36.2 Å². The molecule has 0 atom stereocenters. The number of carbonyl (C=O) groups excluding carboxylic acids is 1. The van der Waals surface area contributed by atoms with Crippen LogP contribution in [0.4, 0.5) is 0 Å². The molecular formula is C19H18ClN3O2S2. The van der Waals surface area contributed by atoms with Crippen molar-refractivity contribution in [2.45, 2.75) is 36.9 Å². The van der Waals surface area contributed by atoms with E-state index in [9.17, 15) is 9.59 Å². The summed E-state index contributed by atoms with van der Waals surface area (Å²) in [7, 11) is 0. The first-order valence-electron chi connectivity index (χ1n) is 8.80. The third-order valence-electron chi connectivity index (χ3n) is 4.59. The van der Waals surface area contributed by atoms with Crippen LogP contribution in [0, 0.1) is 0 Å². The Morgan fingerprint density at radius 1 is 1.26 bits per heavy atom. The Hall–Kier alpha value is -1.83. The van der Waals surface area contributed by atoms with Gasteiger partial charge in [0, 0.05) is 11.1 Å². The van der Waals surface area contributed by atoms with Gasteiger partial charge in [0.1, 0.15) is 4.70 Å². The van der Waals surface area contributed by atoms with E-state index >= 15 is 0 Å². The Bertz CT molecular complexity index is 1020. The summed E-state index contributed by atoms with van der Waals surface area (Å²) >= 11 is 8.63. The molecule has 1 fully saturated rings. The molecule has 0 saturated heterocycles. The van der Waals surface area contributed by atoms with Gasteiger partial charge in [-0.2, -0.15) is 0 Å². The number of benzene rings is 1. The molecule has 4 rings (SSSR count). The Labute approximate surface area is 169 Å². The molecule has 1 saturated carbocycles. The van der Waals surface area contributed by atoms with E-state index in [4.69, 9.17) is 11.6 Å². The monoisotopic (exact) mass is 419 g/mol. The average Bonchev–Trinajstić information content (AvgIpc) is 3.33. The molecule has 5 nitrogen and oxygen atoms in total. The van der Waals surface area contributed by atoms with Crippen molar-refractivity contribution in [2.24, 2.45) is 0 Å². The number of aromatic nitrogens is 2.